The van der Waals surface area contributed by atoms with Crippen molar-refractivity contribution < 1.29 is 9.47 Å². The van der Waals surface area contributed by atoms with E-state index in [1.165, 1.54) is 77.4 Å². The Labute approximate surface area is 469 Å². The van der Waals surface area contributed by atoms with Gasteiger partial charge in [-0.1, -0.05) is 188 Å². The van der Waals surface area contributed by atoms with Crippen LogP contribution in [0.5, 0.6) is 11.5 Å². The van der Waals surface area contributed by atoms with E-state index in [9.17, 15) is 0 Å². The fraction of sp³-hybridized carbons (Fsp3) is 0.288. The van der Waals surface area contributed by atoms with Gasteiger partial charge >= 0.3 is 0 Å². The van der Waals surface area contributed by atoms with E-state index in [1.807, 2.05) is 0 Å². The molecule has 9 aromatic rings. The molecule has 3 heterocycles. The molecule has 79 heavy (non-hydrogen) atoms. The molecule has 0 amide bonds. The molecular formula is C73H74BN3O2. The van der Waals surface area contributed by atoms with E-state index in [2.05, 4.69) is 281 Å². The zero-order valence-electron chi connectivity index (χ0n) is 48.8. The smallest absolute Gasteiger partial charge is 0.252 e. The summed E-state index contributed by atoms with van der Waals surface area (Å²) in [5.74, 6) is 1.57. The van der Waals surface area contributed by atoms with Crippen molar-refractivity contribution in [2.24, 2.45) is 0 Å². The standard InChI is InChI=1S/C73H74BN3O2/c1-69(2,3)46-20-27-50(28-21-46)75(53-33-34-56-58(40-53)73(13,14)57-35-19-45-17-15-16-18-55(45)67(56)57)54-41-63-68-64(42-54)77(52-31-24-48(25-32-52)71(7,8)9)62-44-66-65(78-37-38-79-66)43-60(62)74(68)59-39-49(72(10,11)12)26-36-61(59)76(63)51-29-22-47(23-30-51)70(4,5)6/h15-36,39-44H,37-38H2,1-14H3. The summed E-state index contributed by atoms with van der Waals surface area (Å²) in [4.78, 5) is 7.60. The molecule has 3 aliphatic heterocycles. The van der Waals surface area contributed by atoms with Crippen LogP contribution in [-0.2, 0) is 27.1 Å². The Morgan fingerprint density at radius 1 is 0.430 bits per heavy atom. The van der Waals surface area contributed by atoms with E-state index in [-0.39, 0.29) is 33.8 Å². The lowest BCUT2D eigenvalue weighted by Gasteiger charge is -2.45. The van der Waals surface area contributed by atoms with Crippen molar-refractivity contribution in [1.29, 1.82) is 0 Å². The molecule has 0 radical (unpaired) electrons. The van der Waals surface area contributed by atoms with Gasteiger partial charge in [0.1, 0.15) is 13.2 Å². The highest BCUT2D eigenvalue weighted by molar-refractivity contribution is 7.00. The Morgan fingerprint density at radius 2 is 0.937 bits per heavy atom. The Hall–Kier alpha value is -7.70. The maximum absolute atomic E-state index is 6.52. The Bertz CT molecular complexity index is 3920. The first-order chi connectivity index (χ1) is 37.4. The van der Waals surface area contributed by atoms with Crippen LogP contribution in [-0.4, -0.2) is 19.9 Å². The topological polar surface area (TPSA) is 28.2 Å². The van der Waals surface area contributed by atoms with Crippen molar-refractivity contribution in [2.75, 3.05) is 27.9 Å². The van der Waals surface area contributed by atoms with Gasteiger partial charge in [-0.2, -0.15) is 0 Å². The number of fused-ring (bicyclic) bond motifs is 10. The number of ether oxygens (including phenoxy) is 2. The lowest BCUT2D eigenvalue weighted by atomic mass is 9.33. The molecule has 5 nitrogen and oxygen atoms in total. The van der Waals surface area contributed by atoms with Crippen LogP contribution in [0.25, 0.3) is 21.9 Å². The van der Waals surface area contributed by atoms with Crippen molar-refractivity contribution in [1.82, 2.24) is 0 Å². The van der Waals surface area contributed by atoms with Crippen molar-refractivity contribution in [3.63, 3.8) is 0 Å². The second kappa shape index (κ2) is 17.7. The fourth-order valence-corrected chi connectivity index (χ4v) is 13.1. The highest BCUT2D eigenvalue weighted by Gasteiger charge is 2.46. The first-order valence-electron chi connectivity index (χ1n) is 28.6. The monoisotopic (exact) mass is 1040 g/mol. The molecule has 0 saturated heterocycles. The summed E-state index contributed by atoms with van der Waals surface area (Å²) in [6.07, 6.45) is 0. The van der Waals surface area contributed by atoms with E-state index < -0.39 is 0 Å². The third-order valence-corrected chi connectivity index (χ3v) is 17.6. The van der Waals surface area contributed by atoms with Crippen LogP contribution in [0.2, 0.25) is 0 Å². The van der Waals surface area contributed by atoms with Gasteiger partial charge in [-0.15, -0.1) is 0 Å². The molecule has 0 bridgehead atoms. The van der Waals surface area contributed by atoms with Crippen LogP contribution in [0.4, 0.5) is 51.2 Å². The molecule has 0 aromatic heterocycles. The summed E-state index contributed by atoms with van der Waals surface area (Å²) in [6.45, 7) is 33.4. The van der Waals surface area contributed by atoms with Gasteiger partial charge in [-0.05, 0) is 166 Å². The van der Waals surface area contributed by atoms with Crippen LogP contribution in [0.3, 0.4) is 0 Å². The van der Waals surface area contributed by atoms with Crippen LogP contribution < -0.4 is 40.6 Å². The molecule has 1 aliphatic carbocycles. The Kier molecular flexibility index (Phi) is 11.3. The number of rotatable bonds is 5. The van der Waals surface area contributed by atoms with Crippen molar-refractivity contribution >= 4 is 85.1 Å². The number of hydrogen-bond acceptors (Lipinski definition) is 5. The predicted molar refractivity (Wildman–Crippen MR) is 336 cm³/mol. The summed E-state index contributed by atoms with van der Waals surface area (Å²) >= 11 is 0. The summed E-state index contributed by atoms with van der Waals surface area (Å²) in [6, 6.07) is 65.5. The Morgan fingerprint density at radius 3 is 1.52 bits per heavy atom. The van der Waals surface area contributed by atoms with E-state index >= 15 is 0 Å². The minimum absolute atomic E-state index is 0.0102. The van der Waals surface area contributed by atoms with Gasteiger partial charge in [-0.25, -0.2) is 0 Å². The van der Waals surface area contributed by atoms with Gasteiger partial charge in [-0.3, -0.25) is 0 Å². The highest BCUT2D eigenvalue weighted by Crippen LogP contribution is 2.55. The molecule has 0 N–H and O–H groups in total. The van der Waals surface area contributed by atoms with Gasteiger partial charge in [0, 0.05) is 57.0 Å². The van der Waals surface area contributed by atoms with Crippen molar-refractivity contribution in [3.8, 4) is 22.6 Å². The largest absolute Gasteiger partial charge is 0.486 e. The normalized spacial score (nSPS) is 15.1. The van der Waals surface area contributed by atoms with Crippen molar-refractivity contribution in [3.05, 3.63) is 203 Å². The van der Waals surface area contributed by atoms with Crippen molar-refractivity contribution in [2.45, 2.75) is 124 Å². The molecule has 4 aliphatic rings. The molecule has 396 valence electrons. The maximum atomic E-state index is 6.52. The van der Waals surface area contributed by atoms with E-state index in [4.69, 9.17) is 9.47 Å². The van der Waals surface area contributed by atoms with Crippen LogP contribution in [0, 0.1) is 0 Å². The fourth-order valence-electron chi connectivity index (χ4n) is 13.1. The molecule has 9 aromatic carbocycles. The number of benzene rings is 9. The van der Waals surface area contributed by atoms with E-state index in [1.54, 1.807) is 0 Å². The maximum Gasteiger partial charge on any atom is 0.252 e. The van der Waals surface area contributed by atoms with Gasteiger partial charge < -0.3 is 24.2 Å². The summed E-state index contributed by atoms with van der Waals surface area (Å²) in [5.41, 5.74) is 23.9. The van der Waals surface area contributed by atoms with Crippen LogP contribution >= 0.6 is 0 Å². The second-order valence-electron chi connectivity index (χ2n) is 27.4. The SMILES string of the molecule is CC(C)(C)c1ccc(N(c2cc3c4c(c2)N(c2ccc(C(C)(C)C)cc2)c2cc5c(cc2B4c2cc(C(C)(C)C)ccc2N3c2ccc(C(C)(C)C)cc2)OCCO5)c2ccc3c(c2)C(C)(C)c2ccc4ccccc4c2-3)cc1. The zero-order valence-corrected chi connectivity index (χ0v) is 48.8. The first-order valence-corrected chi connectivity index (χ1v) is 28.6. The minimum atomic E-state index is -0.238. The molecule has 0 atom stereocenters. The molecule has 6 heteroatoms. The lowest BCUT2D eigenvalue weighted by Crippen LogP contribution is -2.61. The molecule has 0 unspecified atom stereocenters. The lowest BCUT2D eigenvalue weighted by molar-refractivity contribution is 0.172. The summed E-state index contributed by atoms with van der Waals surface area (Å²) in [5, 5.41) is 2.57. The quantitative estimate of drug-likeness (QED) is 0.160. The van der Waals surface area contributed by atoms with Gasteiger partial charge in [0.05, 0.1) is 5.69 Å². The zero-order chi connectivity index (χ0) is 55.3. The minimum Gasteiger partial charge on any atom is -0.486 e. The van der Waals surface area contributed by atoms with Gasteiger partial charge in [0.15, 0.2) is 11.5 Å². The number of anilines is 9. The van der Waals surface area contributed by atoms with Gasteiger partial charge in [0.2, 0.25) is 0 Å². The van der Waals surface area contributed by atoms with E-state index in [0.717, 1.165) is 57.0 Å². The Balaban J connectivity index is 1.13. The summed E-state index contributed by atoms with van der Waals surface area (Å²) in [7, 11) is 0. The van der Waals surface area contributed by atoms with Crippen LogP contribution in [0.15, 0.2) is 170 Å². The third kappa shape index (κ3) is 8.26. The second-order valence-corrected chi connectivity index (χ2v) is 27.4. The highest BCUT2D eigenvalue weighted by atomic mass is 16.6. The predicted octanol–water partition coefficient (Wildman–Crippen LogP) is 17.7. The van der Waals surface area contributed by atoms with Crippen LogP contribution in [0.1, 0.15) is 130 Å². The average Bonchev–Trinajstić information content (AvgIpc) is 2.97. The average molecular weight is 1040 g/mol. The molecule has 0 fully saturated rings. The van der Waals surface area contributed by atoms with E-state index in [0.29, 0.717) is 13.2 Å². The first kappa shape index (κ1) is 50.8. The molecule has 0 spiro atoms. The molecular weight excluding hydrogens is 962 g/mol. The molecule has 13 rings (SSSR count). The number of nitrogens with zero attached hydrogens (tertiary/aromatic N) is 3. The number of hydrogen-bond donors (Lipinski definition) is 0. The summed E-state index contributed by atoms with van der Waals surface area (Å²) < 4.78 is 13.0. The third-order valence-electron chi connectivity index (χ3n) is 17.6. The molecule has 0 saturated carbocycles. The van der Waals surface area contributed by atoms with Gasteiger partial charge in [0.25, 0.3) is 6.71 Å².